The van der Waals surface area contributed by atoms with Crippen LogP contribution in [-0.4, -0.2) is 37.8 Å². The largest absolute Gasteiger partial charge is 0.467 e. The third-order valence-electron chi connectivity index (χ3n) is 2.90. The summed E-state index contributed by atoms with van der Waals surface area (Å²) in [6.07, 6.45) is 0. The molecule has 0 spiro atoms. The van der Waals surface area contributed by atoms with Crippen molar-refractivity contribution in [3.8, 4) is 5.75 Å². The summed E-state index contributed by atoms with van der Waals surface area (Å²) in [5.74, 6) is 0.732. The number of carbonyl (C=O) groups is 1. The lowest BCUT2D eigenvalue weighted by Gasteiger charge is -2.20. The van der Waals surface area contributed by atoms with E-state index in [1.54, 1.807) is 12.0 Å². The maximum atomic E-state index is 12.3. The van der Waals surface area contributed by atoms with Gasteiger partial charge >= 0.3 is 0 Å². The number of rotatable bonds is 6. The minimum Gasteiger partial charge on any atom is -0.467 e. The van der Waals surface area contributed by atoms with Gasteiger partial charge in [-0.25, -0.2) is 0 Å². The number of hydrogen-bond acceptors (Lipinski definition) is 3. The molecule has 0 aliphatic carbocycles. The van der Waals surface area contributed by atoms with Gasteiger partial charge in [-0.15, -0.1) is 0 Å². The third kappa shape index (κ3) is 3.23. The molecule has 0 aliphatic rings. The van der Waals surface area contributed by atoms with Crippen LogP contribution in [0.5, 0.6) is 5.75 Å². The summed E-state index contributed by atoms with van der Waals surface area (Å²) in [4.78, 5) is 14.1. The smallest absolute Gasteiger partial charge is 0.254 e. The molecule has 0 N–H and O–H groups in total. The first kappa shape index (κ1) is 14.5. The molecule has 0 atom stereocenters. The van der Waals surface area contributed by atoms with Crippen molar-refractivity contribution in [3.63, 3.8) is 0 Å². The van der Waals surface area contributed by atoms with Crippen LogP contribution in [-0.2, 0) is 4.74 Å². The number of methoxy groups -OCH3 is 1. The van der Waals surface area contributed by atoms with Crippen molar-refractivity contribution in [2.24, 2.45) is 0 Å². The standard InChI is InChI=1S/C14H21NO3/c1-5-15(6-2)14(16)12-8-7-9-13(11(12)3)18-10-17-4/h7-9H,5-6,10H2,1-4H3. The molecule has 1 amide bonds. The van der Waals surface area contributed by atoms with Gasteiger partial charge in [-0.05, 0) is 32.9 Å². The highest BCUT2D eigenvalue weighted by Crippen LogP contribution is 2.22. The number of hydrogen-bond donors (Lipinski definition) is 0. The van der Waals surface area contributed by atoms with Crippen molar-refractivity contribution in [1.29, 1.82) is 0 Å². The number of carbonyl (C=O) groups excluding carboxylic acids is 1. The van der Waals surface area contributed by atoms with Crippen LogP contribution in [0.3, 0.4) is 0 Å². The number of nitrogens with zero attached hydrogens (tertiary/aromatic N) is 1. The van der Waals surface area contributed by atoms with Gasteiger partial charge < -0.3 is 14.4 Å². The Labute approximate surface area is 108 Å². The molecular formula is C14H21NO3. The second-order valence-electron chi connectivity index (χ2n) is 3.96. The maximum absolute atomic E-state index is 12.3. The van der Waals surface area contributed by atoms with Crippen LogP contribution >= 0.6 is 0 Å². The summed E-state index contributed by atoms with van der Waals surface area (Å²) in [6, 6.07) is 5.50. The maximum Gasteiger partial charge on any atom is 0.254 e. The van der Waals surface area contributed by atoms with Crippen molar-refractivity contribution in [1.82, 2.24) is 4.90 Å². The molecule has 0 radical (unpaired) electrons. The van der Waals surface area contributed by atoms with E-state index in [-0.39, 0.29) is 12.7 Å². The van der Waals surface area contributed by atoms with E-state index in [4.69, 9.17) is 9.47 Å². The second-order valence-corrected chi connectivity index (χ2v) is 3.96. The van der Waals surface area contributed by atoms with E-state index >= 15 is 0 Å². The first-order valence-electron chi connectivity index (χ1n) is 6.16. The molecule has 0 fully saturated rings. The zero-order valence-electron chi connectivity index (χ0n) is 11.5. The van der Waals surface area contributed by atoms with E-state index in [1.807, 2.05) is 39.0 Å². The minimum atomic E-state index is 0.0420. The summed E-state index contributed by atoms with van der Waals surface area (Å²) in [5, 5.41) is 0. The Morgan fingerprint density at radius 2 is 1.94 bits per heavy atom. The molecule has 1 aromatic rings. The van der Waals surface area contributed by atoms with E-state index in [0.717, 1.165) is 5.56 Å². The molecule has 0 saturated heterocycles. The topological polar surface area (TPSA) is 38.8 Å². The molecule has 4 heteroatoms. The Bertz CT molecular complexity index is 400. The Morgan fingerprint density at radius 1 is 1.28 bits per heavy atom. The van der Waals surface area contributed by atoms with E-state index in [1.165, 1.54) is 0 Å². The highest BCUT2D eigenvalue weighted by molar-refractivity contribution is 5.96. The molecule has 0 aromatic heterocycles. The van der Waals surface area contributed by atoms with Crippen LogP contribution in [0.25, 0.3) is 0 Å². The van der Waals surface area contributed by atoms with Crippen LogP contribution in [0.4, 0.5) is 0 Å². The molecule has 1 aromatic carbocycles. The van der Waals surface area contributed by atoms with Gasteiger partial charge in [0.25, 0.3) is 5.91 Å². The zero-order valence-corrected chi connectivity index (χ0v) is 11.5. The minimum absolute atomic E-state index is 0.0420. The summed E-state index contributed by atoms with van der Waals surface area (Å²) >= 11 is 0. The van der Waals surface area contributed by atoms with Gasteiger partial charge in [-0.3, -0.25) is 4.79 Å². The van der Waals surface area contributed by atoms with Gasteiger partial charge in [-0.1, -0.05) is 6.07 Å². The first-order valence-corrected chi connectivity index (χ1v) is 6.16. The van der Waals surface area contributed by atoms with Gasteiger partial charge in [0.2, 0.25) is 0 Å². The monoisotopic (exact) mass is 251 g/mol. The fourth-order valence-electron chi connectivity index (χ4n) is 1.81. The van der Waals surface area contributed by atoms with Crippen LogP contribution in [0.1, 0.15) is 29.8 Å². The lowest BCUT2D eigenvalue weighted by molar-refractivity contribution is 0.0503. The van der Waals surface area contributed by atoms with Gasteiger partial charge in [-0.2, -0.15) is 0 Å². The van der Waals surface area contributed by atoms with Gasteiger partial charge in [0.05, 0.1) is 0 Å². The molecule has 4 nitrogen and oxygen atoms in total. The summed E-state index contributed by atoms with van der Waals surface area (Å²) in [7, 11) is 1.57. The Kier molecular flexibility index (Phi) is 5.65. The molecule has 1 rings (SSSR count). The molecular weight excluding hydrogens is 230 g/mol. The second kappa shape index (κ2) is 7.01. The normalized spacial score (nSPS) is 10.2. The van der Waals surface area contributed by atoms with Crippen LogP contribution in [0.2, 0.25) is 0 Å². The van der Waals surface area contributed by atoms with Crippen molar-refractivity contribution < 1.29 is 14.3 Å². The predicted octanol–water partition coefficient (Wildman–Crippen LogP) is 2.46. The van der Waals surface area contributed by atoms with Gasteiger partial charge in [0.1, 0.15) is 5.75 Å². The Morgan fingerprint density at radius 3 is 2.50 bits per heavy atom. The lowest BCUT2D eigenvalue weighted by Crippen LogP contribution is -2.31. The van der Waals surface area contributed by atoms with E-state index in [9.17, 15) is 4.79 Å². The zero-order chi connectivity index (χ0) is 13.5. The average Bonchev–Trinajstić information content (AvgIpc) is 2.39. The summed E-state index contributed by atoms with van der Waals surface area (Å²) in [5.41, 5.74) is 1.54. The molecule has 18 heavy (non-hydrogen) atoms. The van der Waals surface area contributed by atoms with Crippen molar-refractivity contribution in [2.75, 3.05) is 27.0 Å². The fourth-order valence-corrected chi connectivity index (χ4v) is 1.81. The lowest BCUT2D eigenvalue weighted by atomic mass is 10.1. The molecule has 0 bridgehead atoms. The van der Waals surface area contributed by atoms with Crippen molar-refractivity contribution in [2.45, 2.75) is 20.8 Å². The van der Waals surface area contributed by atoms with E-state index < -0.39 is 0 Å². The van der Waals surface area contributed by atoms with Gasteiger partial charge in [0, 0.05) is 31.3 Å². The molecule has 100 valence electrons. The molecule has 0 heterocycles. The predicted molar refractivity (Wildman–Crippen MR) is 70.9 cm³/mol. The van der Waals surface area contributed by atoms with Crippen molar-refractivity contribution in [3.05, 3.63) is 29.3 Å². The van der Waals surface area contributed by atoms with Gasteiger partial charge in [0.15, 0.2) is 6.79 Å². The van der Waals surface area contributed by atoms with Crippen LogP contribution in [0.15, 0.2) is 18.2 Å². The van der Waals surface area contributed by atoms with Crippen LogP contribution in [0, 0.1) is 6.92 Å². The number of ether oxygens (including phenoxy) is 2. The SMILES string of the molecule is CCN(CC)C(=O)c1cccc(OCOC)c1C. The van der Waals surface area contributed by atoms with Crippen LogP contribution < -0.4 is 4.74 Å². The summed E-state index contributed by atoms with van der Waals surface area (Å²) < 4.78 is 10.3. The third-order valence-corrected chi connectivity index (χ3v) is 2.90. The number of amides is 1. The Hall–Kier alpha value is -1.55. The molecule has 0 aliphatic heterocycles. The molecule has 0 saturated carbocycles. The van der Waals surface area contributed by atoms with Crippen molar-refractivity contribution >= 4 is 5.91 Å². The fraction of sp³-hybridized carbons (Fsp3) is 0.500. The molecule has 0 unspecified atom stereocenters. The number of benzene rings is 1. The highest BCUT2D eigenvalue weighted by Gasteiger charge is 2.16. The van der Waals surface area contributed by atoms with E-state index in [2.05, 4.69) is 0 Å². The Balaban J connectivity index is 2.98. The highest BCUT2D eigenvalue weighted by atomic mass is 16.7. The average molecular weight is 251 g/mol. The first-order chi connectivity index (χ1) is 8.65. The van der Waals surface area contributed by atoms with E-state index in [0.29, 0.717) is 24.4 Å². The summed E-state index contributed by atoms with van der Waals surface area (Å²) in [6.45, 7) is 7.44. The quantitative estimate of drug-likeness (QED) is 0.729.